The minimum atomic E-state index is -4.66. The third-order valence-electron chi connectivity index (χ3n) is 2.11. The van der Waals surface area contributed by atoms with Gasteiger partial charge in [-0.3, -0.25) is 0 Å². The Labute approximate surface area is 98.3 Å². The van der Waals surface area contributed by atoms with E-state index in [9.17, 15) is 13.2 Å². The minimum absolute atomic E-state index is 0.214. The minimum Gasteiger partial charge on any atom is -0.496 e. The molecule has 2 nitrogen and oxygen atoms in total. The summed E-state index contributed by atoms with van der Waals surface area (Å²) >= 11 is 0. The zero-order valence-electron chi connectivity index (χ0n) is 9.97. The molecule has 0 saturated heterocycles. The molecule has 1 aromatic carbocycles. The van der Waals surface area contributed by atoms with Crippen molar-refractivity contribution in [2.75, 3.05) is 7.11 Å². The highest BCUT2D eigenvalue weighted by atomic mass is 19.4. The summed E-state index contributed by atoms with van der Waals surface area (Å²) in [6, 6.07) is 4.10. The van der Waals surface area contributed by atoms with E-state index in [4.69, 9.17) is 4.74 Å². The molecule has 0 radical (unpaired) electrons. The first kappa shape index (κ1) is 13.7. The van der Waals surface area contributed by atoms with E-state index >= 15 is 0 Å². The summed E-state index contributed by atoms with van der Waals surface area (Å²) in [5.41, 5.74) is 0.712. The Hall–Kier alpha value is -1.39. The zero-order valence-corrected chi connectivity index (χ0v) is 9.97. The molecule has 0 amide bonds. The summed E-state index contributed by atoms with van der Waals surface area (Å²) in [5.74, 6) is 0.687. The molecule has 0 aliphatic rings. The van der Waals surface area contributed by atoms with Gasteiger partial charge in [-0.25, -0.2) is 0 Å². The average molecular weight is 248 g/mol. The number of benzene rings is 1. The molecular formula is C12H15F3O2. The zero-order chi connectivity index (χ0) is 13.1. The van der Waals surface area contributed by atoms with Crippen molar-refractivity contribution >= 4 is 0 Å². The van der Waals surface area contributed by atoms with E-state index in [-0.39, 0.29) is 5.75 Å². The highest BCUT2D eigenvalue weighted by molar-refractivity contribution is 5.40. The Morgan fingerprint density at radius 3 is 2.35 bits per heavy atom. The Kier molecular flexibility index (Phi) is 4.26. The maximum Gasteiger partial charge on any atom is 0.573 e. The summed E-state index contributed by atoms with van der Waals surface area (Å²) < 4.78 is 45.2. The first-order valence-corrected chi connectivity index (χ1v) is 5.24. The molecule has 1 rings (SSSR count). The third-order valence-corrected chi connectivity index (χ3v) is 2.11. The van der Waals surface area contributed by atoms with Gasteiger partial charge in [0.15, 0.2) is 0 Å². The Morgan fingerprint density at radius 1 is 1.24 bits per heavy atom. The van der Waals surface area contributed by atoms with Crippen LogP contribution in [0.4, 0.5) is 13.2 Å². The van der Waals surface area contributed by atoms with E-state index in [2.05, 4.69) is 4.74 Å². The van der Waals surface area contributed by atoms with Crippen molar-refractivity contribution in [1.29, 1.82) is 0 Å². The molecule has 0 aliphatic heterocycles. The molecule has 0 aromatic heterocycles. The van der Waals surface area contributed by atoms with Crippen LogP contribution in [0, 0.1) is 5.92 Å². The quantitative estimate of drug-likeness (QED) is 0.807. The number of methoxy groups -OCH3 is 1. The van der Waals surface area contributed by atoms with Crippen molar-refractivity contribution in [1.82, 2.24) is 0 Å². The van der Waals surface area contributed by atoms with Gasteiger partial charge in [0.2, 0.25) is 0 Å². The van der Waals surface area contributed by atoms with E-state index in [1.807, 2.05) is 13.8 Å². The molecule has 5 heteroatoms. The van der Waals surface area contributed by atoms with Gasteiger partial charge in [-0.2, -0.15) is 0 Å². The Bertz CT molecular complexity index is 373. The third kappa shape index (κ3) is 4.54. The van der Waals surface area contributed by atoms with Gasteiger partial charge in [0.25, 0.3) is 0 Å². The van der Waals surface area contributed by atoms with E-state index in [0.29, 0.717) is 23.7 Å². The monoisotopic (exact) mass is 248 g/mol. The van der Waals surface area contributed by atoms with Crippen molar-refractivity contribution in [2.24, 2.45) is 5.92 Å². The largest absolute Gasteiger partial charge is 0.573 e. The molecule has 0 heterocycles. The number of halogens is 3. The Morgan fingerprint density at radius 2 is 1.88 bits per heavy atom. The number of alkyl halides is 3. The van der Waals surface area contributed by atoms with Gasteiger partial charge >= 0.3 is 6.36 Å². The Balaban J connectivity index is 2.96. The molecule has 0 bridgehead atoms. The van der Waals surface area contributed by atoms with Crippen LogP contribution in [-0.4, -0.2) is 13.5 Å². The molecule has 1 aromatic rings. The lowest BCUT2D eigenvalue weighted by Gasteiger charge is -2.14. The SMILES string of the molecule is COc1ccc(OC(F)(F)F)cc1CC(C)C. The van der Waals surface area contributed by atoms with Gasteiger partial charge in [-0.05, 0) is 36.1 Å². The molecule has 0 unspecified atom stereocenters. The highest BCUT2D eigenvalue weighted by Crippen LogP contribution is 2.29. The van der Waals surface area contributed by atoms with Crippen LogP contribution in [0.25, 0.3) is 0 Å². The van der Waals surface area contributed by atoms with Crippen LogP contribution in [0.1, 0.15) is 19.4 Å². The van der Waals surface area contributed by atoms with Crippen LogP contribution < -0.4 is 9.47 Å². The molecule has 0 aliphatic carbocycles. The van der Waals surface area contributed by atoms with Gasteiger partial charge < -0.3 is 9.47 Å². The number of hydrogen-bond donors (Lipinski definition) is 0. The van der Waals surface area contributed by atoms with E-state index in [1.165, 1.54) is 25.3 Å². The second-order valence-corrected chi connectivity index (χ2v) is 4.12. The smallest absolute Gasteiger partial charge is 0.496 e. The van der Waals surface area contributed by atoms with Gasteiger partial charge in [0.05, 0.1) is 7.11 Å². The first-order valence-electron chi connectivity index (χ1n) is 5.24. The van der Waals surface area contributed by atoms with Crippen molar-refractivity contribution in [3.63, 3.8) is 0 Å². The standard InChI is InChI=1S/C12H15F3O2/c1-8(2)6-9-7-10(17-12(13,14)15)4-5-11(9)16-3/h4-5,7-8H,6H2,1-3H3. The normalized spacial score (nSPS) is 11.7. The lowest BCUT2D eigenvalue weighted by molar-refractivity contribution is -0.274. The number of rotatable bonds is 4. The number of ether oxygens (including phenoxy) is 2. The molecule has 17 heavy (non-hydrogen) atoms. The molecular weight excluding hydrogens is 233 g/mol. The van der Waals surface area contributed by atoms with Crippen LogP contribution in [0.3, 0.4) is 0 Å². The average Bonchev–Trinajstić information content (AvgIpc) is 2.14. The topological polar surface area (TPSA) is 18.5 Å². The van der Waals surface area contributed by atoms with Crippen LogP contribution in [0.15, 0.2) is 18.2 Å². The van der Waals surface area contributed by atoms with Crippen LogP contribution in [0.5, 0.6) is 11.5 Å². The molecule has 0 saturated carbocycles. The predicted molar refractivity (Wildman–Crippen MR) is 58.2 cm³/mol. The lowest BCUT2D eigenvalue weighted by atomic mass is 10.0. The van der Waals surface area contributed by atoms with Gasteiger partial charge in [-0.1, -0.05) is 13.8 Å². The molecule has 0 N–H and O–H groups in total. The van der Waals surface area contributed by atoms with Gasteiger partial charge in [0, 0.05) is 0 Å². The van der Waals surface area contributed by atoms with Crippen LogP contribution in [0.2, 0.25) is 0 Å². The van der Waals surface area contributed by atoms with Crippen molar-refractivity contribution < 1.29 is 22.6 Å². The van der Waals surface area contributed by atoms with Crippen LogP contribution >= 0.6 is 0 Å². The summed E-state index contributed by atoms with van der Waals surface area (Å²) in [6.45, 7) is 3.97. The molecule has 0 fully saturated rings. The molecule has 0 spiro atoms. The summed E-state index contributed by atoms with van der Waals surface area (Å²) in [4.78, 5) is 0. The maximum atomic E-state index is 12.1. The summed E-state index contributed by atoms with van der Waals surface area (Å²) in [7, 11) is 1.49. The number of hydrogen-bond acceptors (Lipinski definition) is 2. The summed E-state index contributed by atoms with van der Waals surface area (Å²) in [6.07, 6.45) is -4.03. The fraction of sp³-hybridized carbons (Fsp3) is 0.500. The van der Waals surface area contributed by atoms with E-state index < -0.39 is 6.36 Å². The van der Waals surface area contributed by atoms with Crippen molar-refractivity contribution in [3.8, 4) is 11.5 Å². The molecule has 0 atom stereocenters. The molecule has 96 valence electrons. The predicted octanol–water partition coefficient (Wildman–Crippen LogP) is 3.79. The lowest BCUT2D eigenvalue weighted by Crippen LogP contribution is -2.17. The maximum absolute atomic E-state index is 12.1. The second-order valence-electron chi connectivity index (χ2n) is 4.12. The van der Waals surface area contributed by atoms with Gasteiger partial charge in [0.1, 0.15) is 11.5 Å². The van der Waals surface area contributed by atoms with Crippen LogP contribution in [-0.2, 0) is 6.42 Å². The fourth-order valence-corrected chi connectivity index (χ4v) is 1.55. The van der Waals surface area contributed by atoms with Crippen molar-refractivity contribution in [2.45, 2.75) is 26.6 Å². The first-order chi connectivity index (χ1) is 7.81. The second kappa shape index (κ2) is 5.29. The summed E-state index contributed by atoms with van der Waals surface area (Å²) in [5, 5.41) is 0. The van der Waals surface area contributed by atoms with E-state index in [1.54, 1.807) is 0 Å². The van der Waals surface area contributed by atoms with E-state index in [0.717, 1.165) is 0 Å². The van der Waals surface area contributed by atoms with Gasteiger partial charge in [-0.15, -0.1) is 13.2 Å². The fourth-order valence-electron chi connectivity index (χ4n) is 1.55. The highest BCUT2D eigenvalue weighted by Gasteiger charge is 2.31. The van der Waals surface area contributed by atoms with Crippen molar-refractivity contribution in [3.05, 3.63) is 23.8 Å².